The molecule has 2 aromatic carbocycles. The standard InChI is InChI=1S/C21H24F3NO5S/c1-14(31(25,27)28)10-17-11-29-12-20(17,26)16-8-6-15(7-9-16)18-4-2-3-5-19(18)30-13-21(22,23)24/h2-9,14,17,26H,10-13H2,1H3,(H2,25,27,28). The topological polar surface area (TPSA) is 98.8 Å². The third kappa shape index (κ3) is 5.57. The van der Waals surface area contributed by atoms with Crippen LogP contribution in [0.5, 0.6) is 5.75 Å². The van der Waals surface area contributed by atoms with Crippen molar-refractivity contribution in [3.63, 3.8) is 0 Å². The van der Waals surface area contributed by atoms with Crippen LogP contribution in [0.2, 0.25) is 0 Å². The Labute approximate surface area is 178 Å². The van der Waals surface area contributed by atoms with Crippen LogP contribution in [0.4, 0.5) is 13.2 Å². The zero-order chi connectivity index (χ0) is 22.9. The van der Waals surface area contributed by atoms with Crippen molar-refractivity contribution in [2.45, 2.75) is 30.4 Å². The van der Waals surface area contributed by atoms with E-state index in [1.165, 1.54) is 13.0 Å². The van der Waals surface area contributed by atoms with Gasteiger partial charge in [-0.3, -0.25) is 0 Å². The lowest BCUT2D eigenvalue weighted by Crippen LogP contribution is -2.38. The predicted octanol–water partition coefficient (Wildman–Crippen LogP) is 3.20. The Morgan fingerprint density at radius 1 is 1.23 bits per heavy atom. The summed E-state index contributed by atoms with van der Waals surface area (Å²) in [4.78, 5) is 0. The molecule has 3 N–H and O–H groups in total. The quantitative estimate of drug-likeness (QED) is 0.663. The zero-order valence-corrected chi connectivity index (χ0v) is 17.6. The van der Waals surface area contributed by atoms with Gasteiger partial charge in [0.1, 0.15) is 11.4 Å². The summed E-state index contributed by atoms with van der Waals surface area (Å²) in [5, 5.41) is 15.6. The number of nitrogens with two attached hydrogens (primary N) is 1. The van der Waals surface area contributed by atoms with Crippen molar-refractivity contribution in [3.8, 4) is 16.9 Å². The number of halogens is 3. The van der Waals surface area contributed by atoms with E-state index in [-0.39, 0.29) is 25.4 Å². The molecular weight excluding hydrogens is 435 g/mol. The van der Waals surface area contributed by atoms with Crippen molar-refractivity contribution in [1.82, 2.24) is 0 Å². The minimum atomic E-state index is -4.45. The molecule has 3 rings (SSSR count). The fourth-order valence-electron chi connectivity index (χ4n) is 3.66. The molecule has 0 radical (unpaired) electrons. The average molecular weight is 459 g/mol. The second-order valence-corrected chi connectivity index (χ2v) is 9.73. The van der Waals surface area contributed by atoms with Crippen LogP contribution in [0.1, 0.15) is 18.9 Å². The van der Waals surface area contributed by atoms with Crippen molar-refractivity contribution in [3.05, 3.63) is 54.1 Å². The number of alkyl halides is 3. The van der Waals surface area contributed by atoms with Crippen LogP contribution in [0, 0.1) is 5.92 Å². The molecule has 0 bridgehead atoms. The molecule has 3 unspecified atom stereocenters. The number of rotatable bonds is 7. The number of benzene rings is 2. The van der Waals surface area contributed by atoms with Crippen LogP contribution in [-0.4, -0.2) is 44.8 Å². The van der Waals surface area contributed by atoms with E-state index in [1.54, 1.807) is 42.5 Å². The summed E-state index contributed by atoms with van der Waals surface area (Å²) in [7, 11) is -3.75. The maximum Gasteiger partial charge on any atom is 0.422 e. The molecule has 1 fully saturated rings. The summed E-state index contributed by atoms with van der Waals surface area (Å²) in [6.07, 6.45) is -4.32. The first-order valence-electron chi connectivity index (χ1n) is 9.61. The third-order valence-electron chi connectivity index (χ3n) is 5.47. The lowest BCUT2D eigenvalue weighted by atomic mass is 9.81. The maximum atomic E-state index is 12.5. The highest BCUT2D eigenvalue weighted by Gasteiger charge is 2.45. The fourth-order valence-corrected chi connectivity index (χ4v) is 4.16. The zero-order valence-electron chi connectivity index (χ0n) is 16.8. The Kier molecular flexibility index (Phi) is 6.66. The van der Waals surface area contributed by atoms with Gasteiger partial charge in [-0.1, -0.05) is 42.5 Å². The Hall–Kier alpha value is -2.14. The van der Waals surface area contributed by atoms with E-state index in [0.717, 1.165) is 0 Å². The molecule has 1 heterocycles. The van der Waals surface area contributed by atoms with Crippen LogP contribution in [0.15, 0.2) is 48.5 Å². The van der Waals surface area contributed by atoms with Crippen molar-refractivity contribution in [2.75, 3.05) is 19.8 Å². The van der Waals surface area contributed by atoms with Gasteiger partial charge >= 0.3 is 6.18 Å². The molecule has 6 nitrogen and oxygen atoms in total. The summed E-state index contributed by atoms with van der Waals surface area (Å²) < 4.78 is 71.1. The molecule has 3 atom stereocenters. The molecule has 0 spiro atoms. The molecule has 1 aliphatic rings. The highest BCUT2D eigenvalue weighted by atomic mass is 32.2. The Morgan fingerprint density at radius 3 is 2.48 bits per heavy atom. The number of para-hydroxylation sites is 1. The summed E-state index contributed by atoms with van der Waals surface area (Å²) in [5.74, 6) is -0.385. The van der Waals surface area contributed by atoms with Gasteiger partial charge in [0.2, 0.25) is 10.0 Å². The minimum Gasteiger partial charge on any atom is -0.483 e. The number of ether oxygens (including phenoxy) is 2. The monoisotopic (exact) mass is 459 g/mol. The van der Waals surface area contributed by atoms with E-state index < -0.39 is 39.6 Å². The maximum absolute atomic E-state index is 12.5. The van der Waals surface area contributed by atoms with Gasteiger partial charge < -0.3 is 14.6 Å². The predicted molar refractivity (Wildman–Crippen MR) is 109 cm³/mol. The van der Waals surface area contributed by atoms with Gasteiger partial charge in [0.15, 0.2) is 6.61 Å². The van der Waals surface area contributed by atoms with E-state index in [4.69, 9.17) is 14.6 Å². The highest BCUT2D eigenvalue weighted by molar-refractivity contribution is 7.89. The summed E-state index contributed by atoms with van der Waals surface area (Å²) in [6.45, 7) is 0.268. The largest absolute Gasteiger partial charge is 0.483 e. The smallest absolute Gasteiger partial charge is 0.422 e. The lowest BCUT2D eigenvalue weighted by Gasteiger charge is -2.30. The van der Waals surface area contributed by atoms with Gasteiger partial charge in [-0.15, -0.1) is 0 Å². The number of primary sulfonamides is 1. The first kappa shape index (κ1) is 23.5. The van der Waals surface area contributed by atoms with Crippen LogP contribution in [0.3, 0.4) is 0 Å². The van der Waals surface area contributed by atoms with Gasteiger partial charge in [-0.25, -0.2) is 13.6 Å². The molecule has 1 saturated heterocycles. The van der Waals surface area contributed by atoms with Crippen LogP contribution in [-0.2, 0) is 20.4 Å². The molecule has 0 saturated carbocycles. The second kappa shape index (κ2) is 8.78. The SMILES string of the molecule is CC(CC1COCC1(O)c1ccc(-c2ccccc2OCC(F)(F)F)cc1)S(N)(=O)=O. The van der Waals surface area contributed by atoms with E-state index >= 15 is 0 Å². The van der Waals surface area contributed by atoms with Crippen molar-refractivity contribution < 1.29 is 36.2 Å². The number of hydrogen-bond acceptors (Lipinski definition) is 5. The Balaban J connectivity index is 1.83. The molecule has 31 heavy (non-hydrogen) atoms. The fraction of sp³-hybridized carbons (Fsp3) is 0.429. The first-order valence-corrected chi connectivity index (χ1v) is 11.2. The molecule has 1 aliphatic heterocycles. The Bertz CT molecular complexity index is 1010. The summed E-state index contributed by atoms with van der Waals surface area (Å²) in [5.41, 5.74) is 0.212. The molecule has 10 heteroatoms. The number of aliphatic hydroxyl groups is 1. The van der Waals surface area contributed by atoms with Crippen molar-refractivity contribution in [1.29, 1.82) is 0 Å². The number of hydrogen-bond donors (Lipinski definition) is 2. The van der Waals surface area contributed by atoms with Crippen molar-refractivity contribution >= 4 is 10.0 Å². The lowest BCUT2D eigenvalue weighted by molar-refractivity contribution is -0.153. The molecular formula is C21H24F3NO5S. The molecule has 0 aliphatic carbocycles. The highest BCUT2D eigenvalue weighted by Crippen LogP contribution is 2.40. The van der Waals surface area contributed by atoms with E-state index in [1.807, 2.05) is 0 Å². The van der Waals surface area contributed by atoms with Gasteiger partial charge in [0.05, 0.1) is 18.5 Å². The van der Waals surface area contributed by atoms with Crippen molar-refractivity contribution in [2.24, 2.45) is 11.1 Å². The van der Waals surface area contributed by atoms with Crippen LogP contribution >= 0.6 is 0 Å². The van der Waals surface area contributed by atoms with Crippen LogP contribution < -0.4 is 9.88 Å². The molecule has 170 valence electrons. The first-order chi connectivity index (χ1) is 14.4. The molecule has 0 aromatic heterocycles. The normalized spacial score (nSPS) is 23.0. The van der Waals surface area contributed by atoms with Gasteiger partial charge in [-0.05, 0) is 30.5 Å². The van der Waals surface area contributed by atoms with E-state index in [2.05, 4.69) is 0 Å². The number of sulfonamides is 1. The van der Waals surface area contributed by atoms with Crippen LogP contribution in [0.25, 0.3) is 11.1 Å². The summed E-state index contributed by atoms with van der Waals surface area (Å²) in [6, 6.07) is 13.0. The second-order valence-electron chi connectivity index (χ2n) is 7.75. The van der Waals surface area contributed by atoms with Gasteiger partial charge in [0.25, 0.3) is 0 Å². The van der Waals surface area contributed by atoms with Gasteiger partial charge in [-0.2, -0.15) is 13.2 Å². The summed E-state index contributed by atoms with van der Waals surface area (Å²) >= 11 is 0. The average Bonchev–Trinajstić information content (AvgIpc) is 3.07. The molecule has 0 amide bonds. The van der Waals surface area contributed by atoms with E-state index in [0.29, 0.717) is 16.7 Å². The molecule has 2 aromatic rings. The van der Waals surface area contributed by atoms with E-state index in [9.17, 15) is 26.7 Å². The third-order valence-corrected chi connectivity index (χ3v) is 6.78. The van der Waals surface area contributed by atoms with Gasteiger partial charge in [0, 0.05) is 11.5 Å². The Morgan fingerprint density at radius 2 is 1.87 bits per heavy atom. The minimum absolute atomic E-state index is 0.000364.